The van der Waals surface area contributed by atoms with Crippen LogP contribution in [-0.2, 0) is 12.8 Å². The van der Waals surface area contributed by atoms with Crippen molar-refractivity contribution in [3.05, 3.63) is 280 Å². The van der Waals surface area contributed by atoms with E-state index in [1.54, 1.807) is 0 Å². The third-order valence-electron chi connectivity index (χ3n) is 14.1. The van der Waals surface area contributed by atoms with Crippen LogP contribution in [0, 0.1) is 27.7 Å². The average Bonchev–Trinajstić information content (AvgIpc) is 3.71. The summed E-state index contributed by atoms with van der Waals surface area (Å²) in [4.78, 5) is 0. The van der Waals surface area contributed by atoms with Gasteiger partial charge in [0.15, 0.2) is 0 Å². The molecule has 0 spiro atoms. The number of fused-ring (bicyclic) bond motifs is 3. The largest absolute Gasteiger partial charge is 0.309 e. The molecule has 0 saturated carbocycles. The summed E-state index contributed by atoms with van der Waals surface area (Å²) in [6, 6.07) is 77.5. The number of rotatable bonds is 9. The molecule has 1 heteroatoms. The minimum absolute atomic E-state index is 0.838. The zero-order valence-electron chi connectivity index (χ0n) is 40.1. The summed E-state index contributed by atoms with van der Waals surface area (Å²) >= 11 is 0. The van der Waals surface area contributed by atoms with Crippen LogP contribution in [-0.4, -0.2) is 4.57 Å². The zero-order chi connectivity index (χ0) is 46.6. The zero-order valence-corrected chi connectivity index (χ0v) is 40.1. The van der Waals surface area contributed by atoms with E-state index in [1.807, 2.05) is 18.2 Å². The number of para-hydroxylation sites is 1. The van der Waals surface area contributed by atoms with Gasteiger partial charge in [0, 0.05) is 22.9 Å². The number of hydrogen-bond acceptors (Lipinski definition) is 0. The van der Waals surface area contributed by atoms with E-state index in [0.29, 0.717) is 0 Å². The minimum atomic E-state index is 0.838. The van der Waals surface area contributed by atoms with Crippen LogP contribution in [0.3, 0.4) is 0 Å². The van der Waals surface area contributed by atoms with Crippen molar-refractivity contribution in [1.29, 1.82) is 0 Å². The molecule has 0 amide bonds. The van der Waals surface area contributed by atoms with Crippen LogP contribution >= 0.6 is 0 Å². The first-order valence-corrected chi connectivity index (χ1v) is 24.2. The van der Waals surface area contributed by atoms with Crippen molar-refractivity contribution in [2.24, 2.45) is 0 Å². The molecule has 0 N–H and O–H groups in total. The van der Waals surface area contributed by atoms with Crippen LogP contribution in [0.5, 0.6) is 0 Å². The van der Waals surface area contributed by atoms with E-state index >= 15 is 0 Å². The Kier molecular flexibility index (Phi) is 12.7. The highest BCUT2D eigenvalue weighted by Gasteiger charge is 2.23. The van der Waals surface area contributed by atoms with Crippen molar-refractivity contribution < 1.29 is 0 Å². The van der Waals surface area contributed by atoms with Gasteiger partial charge in [-0.25, -0.2) is 0 Å². The first kappa shape index (κ1) is 44.1. The number of nitrogens with zero attached hydrogens (tertiary/aromatic N) is 1. The van der Waals surface area contributed by atoms with E-state index in [0.717, 1.165) is 25.7 Å². The summed E-state index contributed by atoms with van der Waals surface area (Å²) in [5.74, 6) is 0. The Hall–Kier alpha value is -7.74. The van der Waals surface area contributed by atoms with Crippen LogP contribution in [0.4, 0.5) is 0 Å². The van der Waals surface area contributed by atoms with E-state index in [9.17, 15) is 0 Å². The maximum Gasteiger partial charge on any atom is 0.0582 e. The molecule has 0 saturated heterocycles. The predicted octanol–water partition coefficient (Wildman–Crippen LogP) is 17.9. The molecule has 0 bridgehead atoms. The molecule has 11 rings (SSSR count). The third-order valence-corrected chi connectivity index (χ3v) is 14.1. The smallest absolute Gasteiger partial charge is 0.0582 e. The molecule has 9 aromatic carbocycles. The lowest BCUT2D eigenvalue weighted by atomic mass is 9.81. The fourth-order valence-electron chi connectivity index (χ4n) is 10.4. The number of hydrogen-bond donors (Lipinski definition) is 0. The Morgan fingerprint density at radius 1 is 0.412 bits per heavy atom. The Morgan fingerprint density at radius 2 is 0.926 bits per heavy atom. The molecule has 1 aliphatic rings. The van der Waals surface area contributed by atoms with E-state index < -0.39 is 0 Å². The van der Waals surface area contributed by atoms with Crippen molar-refractivity contribution in [1.82, 2.24) is 4.57 Å². The van der Waals surface area contributed by atoms with E-state index in [-0.39, 0.29) is 0 Å². The first-order chi connectivity index (χ1) is 33.3. The minimum Gasteiger partial charge on any atom is -0.309 e. The lowest BCUT2D eigenvalue weighted by molar-refractivity contribution is 0.981. The average molecular weight is 878 g/mol. The van der Waals surface area contributed by atoms with Crippen molar-refractivity contribution in [2.75, 3.05) is 0 Å². The predicted molar refractivity (Wildman–Crippen MR) is 292 cm³/mol. The molecule has 332 valence electrons. The van der Waals surface area contributed by atoms with Gasteiger partial charge in [0.1, 0.15) is 0 Å². The molecule has 1 aliphatic carbocycles. The molecule has 0 atom stereocenters. The molecule has 1 nitrogen and oxygen atoms in total. The lowest BCUT2D eigenvalue weighted by Gasteiger charge is -2.23. The highest BCUT2D eigenvalue weighted by molar-refractivity contribution is 6.13. The number of aromatic nitrogens is 1. The highest BCUT2D eigenvalue weighted by atomic mass is 15.0. The van der Waals surface area contributed by atoms with Gasteiger partial charge in [0.2, 0.25) is 0 Å². The Balaban J connectivity index is 0.000000708. The van der Waals surface area contributed by atoms with E-state index in [1.165, 1.54) is 122 Å². The summed E-state index contributed by atoms with van der Waals surface area (Å²) in [5.41, 5.74) is 26.5. The van der Waals surface area contributed by atoms with Crippen molar-refractivity contribution in [3.8, 4) is 27.9 Å². The summed E-state index contributed by atoms with van der Waals surface area (Å²) in [6.07, 6.45) is 6.30. The molecule has 10 aromatic rings. The van der Waals surface area contributed by atoms with Gasteiger partial charge in [-0.1, -0.05) is 205 Å². The second-order valence-electron chi connectivity index (χ2n) is 18.6. The summed E-state index contributed by atoms with van der Waals surface area (Å²) in [5, 5.41) is 2.58. The molecule has 1 heterocycles. The number of allylic oxidation sites excluding steroid dienone is 4. The van der Waals surface area contributed by atoms with Crippen LogP contribution in [0.25, 0.3) is 60.9 Å². The normalized spacial score (nSPS) is 12.5. The van der Waals surface area contributed by atoms with E-state index in [2.05, 4.69) is 239 Å². The SMILES string of the molecule is CC1=C(c2ccc(-c3ccccc3C)c(Cc3ccccc3)c2C)C=C(c2ccc3c(c2)c2ccc(-c4ccccc4C)c(Cc4ccccc4)c2n3-c2ccccc2)CC1.Cc1ccccc1. The second-order valence-corrected chi connectivity index (χ2v) is 18.6. The van der Waals surface area contributed by atoms with Gasteiger partial charge in [0.05, 0.1) is 11.0 Å². The molecule has 0 fully saturated rings. The first-order valence-electron chi connectivity index (χ1n) is 24.2. The van der Waals surface area contributed by atoms with Gasteiger partial charge < -0.3 is 4.57 Å². The fourth-order valence-corrected chi connectivity index (χ4v) is 10.4. The van der Waals surface area contributed by atoms with Gasteiger partial charge >= 0.3 is 0 Å². The molecule has 0 unspecified atom stereocenters. The second kappa shape index (κ2) is 19.6. The molecular formula is C67H59N. The van der Waals surface area contributed by atoms with Gasteiger partial charge in [-0.3, -0.25) is 0 Å². The standard InChI is InChI=1S/C60H51N.C7H8/c1-40-18-14-16-26-49(40)52-32-31-51(43(4)56(52)36-44-20-8-5-9-21-44)55-38-46(29-28-42(55)3)47-30-35-59-57(39-47)54-34-33-53(50-27-17-15-19-41(50)2)58(37-45-22-10-6-11-23-45)60(54)61(59)48-24-12-7-13-25-48;1-7-5-3-2-4-6-7/h5-27,30-35,38-39H,28-29,36-37H2,1-4H3;2-6H,1H3. The summed E-state index contributed by atoms with van der Waals surface area (Å²) < 4.78 is 2.52. The Morgan fingerprint density at radius 3 is 1.51 bits per heavy atom. The lowest BCUT2D eigenvalue weighted by Crippen LogP contribution is -2.04. The molecule has 0 aliphatic heterocycles. The quantitative estimate of drug-likeness (QED) is 0.136. The van der Waals surface area contributed by atoms with Crippen LogP contribution in [0.15, 0.2) is 224 Å². The third kappa shape index (κ3) is 8.93. The van der Waals surface area contributed by atoms with Crippen LogP contribution < -0.4 is 0 Å². The molecule has 0 radical (unpaired) electrons. The topological polar surface area (TPSA) is 4.93 Å². The van der Waals surface area contributed by atoms with Crippen molar-refractivity contribution in [2.45, 2.75) is 60.3 Å². The maximum atomic E-state index is 2.52. The molecule has 1 aromatic heterocycles. The van der Waals surface area contributed by atoms with Crippen LogP contribution in [0.1, 0.15) is 75.4 Å². The Labute approximate surface area is 403 Å². The fraction of sp³-hybridized carbons (Fsp3) is 0.134. The monoisotopic (exact) mass is 877 g/mol. The van der Waals surface area contributed by atoms with Gasteiger partial charge in [-0.2, -0.15) is 0 Å². The van der Waals surface area contributed by atoms with Crippen molar-refractivity contribution in [3.63, 3.8) is 0 Å². The van der Waals surface area contributed by atoms with Gasteiger partial charge in [-0.15, -0.1) is 0 Å². The van der Waals surface area contributed by atoms with E-state index in [4.69, 9.17) is 0 Å². The number of aryl methyl sites for hydroxylation is 3. The van der Waals surface area contributed by atoms with Crippen molar-refractivity contribution >= 4 is 33.0 Å². The molecule has 68 heavy (non-hydrogen) atoms. The van der Waals surface area contributed by atoms with Crippen LogP contribution in [0.2, 0.25) is 0 Å². The van der Waals surface area contributed by atoms with Gasteiger partial charge in [-0.05, 0) is 162 Å². The molecular weight excluding hydrogens is 819 g/mol. The highest BCUT2D eigenvalue weighted by Crippen LogP contribution is 2.44. The summed E-state index contributed by atoms with van der Waals surface area (Å²) in [6.45, 7) is 11.2. The number of benzene rings is 9. The maximum absolute atomic E-state index is 2.52. The summed E-state index contributed by atoms with van der Waals surface area (Å²) in [7, 11) is 0. The van der Waals surface area contributed by atoms with Gasteiger partial charge in [0.25, 0.3) is 0 Å². The Bertz CT molecular complexity index is 3460.